The van der Waals surface area contributed by atoms with Crippen molar-refractivity contribution in [1.29, 1.82) is 0 Å². The third kappa shape index (κ3) is 2.40. The number of nitrogen functional groups attached to an aromatic ring is 1. The Morgan fingerprint density at radius 3 is 2.46 bits per heavy atom. The van der Waals surface area contributed by atoms with Gasteiger partial charge in [0.25, 0.3) is 0 Å². The lowest BCUT2D eigenvalue weighted by Crippen LogP contribution is -2.14. The van der Waals surface area contributed by atoms with Crippen molar-refractivity contribution < 1.29 is 5.11 Å². The molecule has 0 aromatic heterocycles. The maximum atomic E-state index is 8.64. The number of aliphatic hydroxyl groups is 1. The van der Waals surface area contributed by atoms with Crippen LogP contribution in [0.4, 0.5) is 11.4 Å². The predicted octanol–water partition coefficient (Wildman–Crippen LogP) is 2.12. The molecule has 0 aliphatic rings. The van der Waals surface area contributed by atoms with Gasteiger partial charge in [0.2, 0.25) is 0 Å². The summed E-state index contributed by atoms with van der Waals surface area (Å²) in [5.74, 6) is 0. The summed E-state index contributed by atoms with van der Waals surface area (Å²) in [6, 6.07) is 7.50. The van der Waals surface area contributed by atoms with Gasteiger partial charge in [0.15, 0.2) is 0 Å². The van der Waals surface area contributed by atoms with Gasteiger partial charge in [-0.1, -0.05) is 0 Å². The van der Waals surface area contributed by atoms with Gasteiger partial charge >= 0.3 is 0 Å². The molecule has 1 aromatic rings. The number of aliphatic hydroxyl groups excluding tert-OH is 1. The predicted molar refractivity (Wildman–Crippen MR) is 55.6 cm³/mol. The standard InChI is InChI=1S/C10H14N2O/c1-2-12(7-8-13)10-5-3-9(11)4-6-10/h3-8,13H,2,11H2,1H3. The van der Waals surface area contributed by atoms with Crippen molar-refractivity contribution in [3.05, 3.63) is 36.7 Å². The van der Waals surface area contributed by atoms with Crippen LogP contribution >= 0.6 is 0 Å². The summed E-state index contributed by atoms with van der Waals surface area (Å²) in [6.45, 7) is 2.82. The van der Waals surface area contributed by atoms with Crippen LogP contribution in [0.15, 0.2) is 36.7 Å². The topological polar surface area (TPSA) is 49.5 Å². The van der Waals surface area contributed by atoms with Crippen molar-refractivity contribution in [2.24, 2.45) is 0 Å². The van der Waals surface area contributed by atoms with Crippen LogP contribution in [0.3, 0.4) is 0 Å². The number of anilines is 2. The molecule has 0 atom stereocenters. The highest BCUT2D eigenvalue weighted by Crippen LogP contribution is 2.15. The van der Waals surface area contributed by atoms with Gasteiger partial charge in [0.05, 0.1) is 6.26 Å². The summed E-state index contributed by atoms with van der Waals surface area (Å²) in [7, 11) is 0. The minimum Gasteiger partial charge on any atom is -0.514 e. The average Bonchev–Trinajstić information content (AvgIpc) is 2.16. The summed E-state index contributed by atoms with van der Waals surface area (Å²) in [4.78, 5) is 1.92. The van der Waals surface area contributed by atoms with E-state index in [4.69, 9.17) is 10.8 Å². The summed E-state index contributed by atoms with van der Waals surface area (Å²) in [6.07, 6.45) is 2.64. The zero-order chi connectivity index (χ0) is 9.68. The summed E-state index contributed by atoms with van der Waals surface area (Å²) in [5, 5.41) is 8.64. The fourth-order valence-electron chi connectivity index (χ4n) is 1.12. The van der Waals surface area contributed by atoms with E-state index >= 15 is 0 Å². The second-order valence-electron chi connectivity index (χ2n) is 2.68. The third-order valence-electron chi connectivity index (χ3n) is 1.81. The van der Waals surface area contributed by atoms with Crippen LogP contribution in [-0.4, -0.2) is 11.7 Å². The number of nitrogens with two attached hydrogens (primary N) is 1. The van der Waals surface area contributed by atoms with Gasteiger partial charge in [0.1, 0.15) is 0 Å². The lowest BCUT2D eigenvalue weighted by molar-refractivity contribution is 0.471. The first-order valence-corrected chi connectivity index (χ1v) is 4.21. The minimum atomic E-state index is 0.743. The molecule has 0 saturated heterocycles. The molecule has 0 fully saturated rings. The highest BCUT2D eigenvalue weighted by Gasteiger charge is 1.98. The van der Waals surface area contributed by atoms with Gasteiger partial charge in [-0.05, 0) is 31.2 Å². The molecule has 3 N–H and O–H groups in total. The molecule has 0 aliphatic carbocycles. The van der Waals surface area contributed by atoms with Crippen LogP contribution in [0.5, 0.6) is 0 Å². The molecule has 0 bridgehead atoms. The Morgan fingerprint density at radius 2 is 2.00 bits per heavy atom. The van der Waals surface area contributed by atoms with Gasteiger partial charge in [0, 0.05) is 24.1 Å². The van der Waals surface area contributed by atoms with Crippen molar-refractivity contribution in [2.75, 3.05) is 17.2 Å². The molecular weight excluding hydrogens is 164 g/mol. The van der Waals surface area contributed by atoms with Crippen LogP contribution in [-0.2, 0) is 0 Å². The lowest BCUT2D eigenvalue weighted by Gasteiger charge is -2.17. The average molecular weight is 178 g/mol. The second-order valence-corrected chi connectivity index (χ2v) is 2.68. The molecule has 0 heterocycles. The molecule has 3 heteroatoms. The number of benzene rings is 1. The van der Waals surface area contributed by atoms with Crippen LogP contribution in [0.2, 0.25) is 0 Å². The van der Waals surface area contributed by atoms with Crippen LogP contribution in [0.25, 0.3) is 0 Å². The molecule has 0 radical (unpaired) electrons. The van der Waals surface area contributed by atoms with E-state index in [9.17, 15) is 0 Å². The summed E-state index contributed by atoms with van der Waals surface area (Å²) >= 11 is 0. The van der Waals surface area contributed by atoms with Crippen molar-refractivity contribution in [1.82, 2.24) is 0 Å². The van der Waals surface area contributed by atoms with E-state index in [1.165, 1.54) is 0 Å². The van der Waals surface area contributed by atoms with Crippen LogP contribution in [0.1, 0.15) is 6.92 Å². The molecule has 13 heavy (non-hydrogen) atoms. The maximum absolute atomic E-state index is 8.64. The van der Waals surface area contributed by atoms with Crippen LogP contribution in [0, 0.1) is 0 Å². The molecule has 0 saturated carbocycles. The number of hydrogen-bond donors (Lipinski definition) is 2. The quantitative estimate of drug-likeness (QED) is 0.550. The largest absolute Gasteiger partial charge is 0.514 e. The molecule has 0 spiro atoms. The molecule has 70 valence electrons. The molecule has 1 aromatic carbocycles. The molecule has 3 nitrogen and oxygen atoms in total. The van der Waals surface area contributed by atoms with E-state index < -0.39 is 0 Å². The first kappa shape index (κ1) is 9.45. The van der Waals surface area contributed by atoms with Crippen molar-refractivity contribution in [3.63, 3.8) is 0 Å². The fourth-order valence-corrected chi connectivity index (χ4v) is 1.12. The Kier molecular flexibility index (Phi) is 3.20. The Hall–Kier alpha value is -1.64. The fraction of sp³-hybridized carbons (Fsp3) is 0.200. The third-order valence-corrected chi connectivity index (χ3v) is 1.81. The Balaban J connectivity index is 2.85. The molecule has 1 rings (SSSR count). The summed E-state index contributed by atoms with van der Waals surface area (Å²) < 4.78 is 0. The number of hydrogen-bond acceptors (Lipinski definition) is 3. The van der Waals surface area contributed by atoms with E-state index in [-0.39, 0.29) is 0 Å². The number of nitrogens with zero attached hydrogens (tertiary/aromatic N) is 1. The van der Waals surface area contributed by atoms with E-state index in [1.807, 2.05) is 36.1 Å². The highest BCUT2D eigenvalue weighted by atomic mass is 16.2. The van der Waals surface area contributed by atoms with Crippen molar-refractivity contribution in [3.8, 4) is 0 Å². The Labute approximate surface area is 78.1 Å². The Bertz CT molecular complexity index is 279. The van der Waals surface area contributed by atoms with Gasteiger partial charge in [-0.3, -0.25) is 0 Å². The minimum absolute atomic E-state index is 0.743. The normalized spacial score (nSPS) is 10.5. The first-order chi connectivity index (χ1) is 6.27. The van der Waals surface area contributed by atoms with Crippen LogP contribution < -0.4 is 10.6 Å². The van der Waals surface area contributed by atoms with Gasteiger partial charge in [-0.25, -0.2) is 0 Å². The highest BCUT2D eigenvalue weighted by molar-refractivity contribution is 5.54. The van der Waals surface area contributed by atoms with Crippen molar-refractivity contribution >= 4 is 11.4 Å². The molecular formula is C10H14N2O. The van der Waals surface area contributed by atoms with Gasteiger partial charge in [-0.2, -0.15) is 0 Å². The number of rotatable bonds is 3. The van der Waals surface area contributed by atoms with E-state index in [1.54, 1.807) is 6.20 Å². The Morgan fingerprint density at radius 1 is 1.38 bits per heavy atom. The molecule has 0 unspecified atom stereocenters. The van der Waals surface area contributed by atoms with Gasteiger partial charge in [-0.15, -0.1) is 0 Å². The monoisotopic (exact) mass is 178 g/mol. The molecule has 0 aliphatic heterocycles. The van der Waals surface area contributed by atoms with Crippen molar-refractivity contribution in [2.45, 2.75) is 6.92 Å². The molecule has 0 amide bonds. The zero-order valence-corrected chi connectivity index (χ0v) is 7.64. The maximum Gasteiger partial charge on any atom is 0.0953 e. The lowest BCUT2D eigenvalue weighted by atomic mass is 10.2. The summed E-state index contributed by atoms with van der Waals surface area (Å²) in [5.41, 5.74) is 7.32. The van der Waals surface area contributed by atoms with E-state index in [0.717, 1.165) is 24.2 Å². The van der Waals surface area contributed by atoms with Gasteiger partial charge < -0.3 is 15.7 Å². The van der Waals surface area contributed by atoms with E-state index in [2.05, 4.69) is 0 Å². The zero-order valence-electron chi connectivity index (χ0n) is 7.64. The SMILES string of the molecule is CCN(C=CO)c1ccc(N)cc1. The first-order valence-electron chi connectivity index (χ1n) is 4.21. The van der Waals surface area contributed by atoms with E-state index in [0.29, 0.717) is 0 Å². The second kappa shape index (κ2) is 4.40. The smallest absolute Gasteiger partial charge is 0.0953 e.